The van der Waals surface area contributed by atoms with E-state index in [9.17, 15) is 0 Å². The Morgan fingerprint density at radius 3 is 2.88 bits per heavy atom. The predicted octanol–water partition coefficient (Wildman–Crippen LogP) is 3.76. The molecule has 2 aromatic rings. The monoisotopic (exact) mass is 221 g/mol. The Labute approximate surface area is 102 Å². The summed E-state index contributed by atoms with van der Waals surface area (Å²) >= 11 is 0. The number of fused-ring (bicyclic) bond motifs is 5. The Hall–Kier alpha value is -2.02. The summed E-state index contributed by atoms with van der Waals surface area (Å²) in [4.78, 5) is 0. The molecule has 1 unspecified atom stereocenters. The van der Waals surface area contributed by atoms with E-state index in [2.05, 4.69) is 12.1 Å². The van der Waals surface area contributed by atoms with Crippen LogP contribution in [0.5, 0.6) is 5.75 Å². The van der Waals surface area contributed by atoms with Crippen molar-refractivity contribution in [3.8, 4) is 5.75 Å². The van der Waals surface area contributed by atoms with E-state index in [1.165, 1.54) is 11.1 Å². The Balaban J connectivity index is 1.96. The molecule has 17 heavy (non-hydrogen) atoms. The van der Waals surface area contributed by atoms with Crippen molar-refractivity contribution in [2.24, 2.45) is 0 Å². The fraction of sp³-hybridized carbons (Fsp3) is 0.125. The van der Waals surface area contributed by atoms with Gasteiger partial charge in [0.1, 0.15) is 11.9 Å². The van der Waals surface area contributed by atoms with Crippen molar-refractivity contribution in [1.82, 2.24) is 0 Å². The second kappa shape index (κ2) is 3.24. The highest BCUT2D eigenvalue weighted by atomic mass is 16.5. The highest BCUT2D eigenvalue weighted by Crippen LogP contribution is 2.48. The van der Waals surface area contributed by atoms with Gasteiger partial charge in [-0.05, 0) is 18.1 Å². The van der Waals surface area contributed by atoms with Crippen LogP contribution in [0.15, 0.2) is 54.6 Å². The van der Waals surface area contributed by atoms with Crippen molar-refractivity contribution in [1.29, 1.82) is 0 Å². The summed E-state index contributed by atoms with van der Waals surface area (Å²) in [5.41, 5.74) is 4.55. The van der Waals surface area contributed by atoms with Crippen LogP contribution in [0.25, 0.3) is 5.57 Å². The van der Waals surface area contributed by atoms with Gasteiger partial charge in [-0.25, -0.2) is 0 Å². The first-order valence-electron chi connectivity index (χ1n) is 6.38. The Morgan fingerprint density at radius 1 is 1.06 bits per heavy atom. The fourth-order valence-electron chi connectivity index (χ4n) is 2.67. The van der Waals surface area contributed by atoms with Gasteiger partial charge in [-0.3, -0.25) is 0 Å². The zero-order chi connectivity index (χ0) is 12.1. The average Bonchev–Trinajstić information content (AvgIpc) is 2.79. The van der Waals surface area contributed by atoms with Crippen LogP contribution in [0.1, 0.15) is 24.2 Å². The van der Waals surface area contributed by atoms with Gasteiger partial charge in [0, 0.05) is 16.7 Å². The molecule has 4 rings (SSSR count). The molecule has 0 bridgehead atoms. The Kier molecular flexibility index (Phi) is 1.55. The second-order valence-electron chi connectivity index (χ2n) is 4.46. The van der Waals surface area contributed by atoms with Gasteiger partial charge >= 0.3 is 0 Å². The van der Waals surface area contributed by atoms with Crippen LogP contribution < -0.4 is 4.74 Å². The Morgan fingerprint density at radius 2 is 1.88 bits per heavy atom. The minimum absolute atomic E-state index is 0.0835. The number of hydrogen-bond donors (Lipinski definition) is 0. The molecule has 0 radical (unpaired) electrons. The molecule has 0 saturated carbocycles. The molecule has 82 valence electrons. The van der Waals surface area contributed by atoms with Crippen molar-refractivity contribution < 1.29 is 6.11 Å². The first-order chi connectivity index (χ1) is 8.84. The third-order valence-electron chi connectivity index (χ3n) is 3.49. The zero-order valence-electron chi connectivity index (χ0n) is 10.3. The van der Waals surface area contributed by atoms with Crippen molar-refractivity contribution in [3.63, 3.8) is 0 Å². The molecule has 2 aliphatic rings. The third kappa shape index (κ3) is 1.19. The largest absolute Gasteiger partial charge is 0.480 e. The molecule has 0 aromatic heterocycles. The van der Waals surface area contributed by atoms with E-state index in [4.69, 9.17) is 6.11 Å². The molecule has 1 atom stereocenters. The van der Waals surface area contributed by atoms with Crippen LogP contribution >= 0.6 is 0 Å². The van der Waals surface area contributed by atoms with E-state index in [1.54, 1.807) is 0 Å². The molecular weight excluding hydrogens is 208 g/mol. The SMILES string of the molecule is [2H]C1=C2c3ccccc3OC2c2ccccc2C1. The molecule has 2 aromatic carbocycles. The summed E-state index contributed by atoms with van der Waals surface area (Å²) in [6.07, 6.45) is 0.625. The standard InChI is InChI=1S/C16H12O/c1-2-6-12-11(5-1)9-10-14-13-7-3-4-8-15(13)17-16(12)14/h1-8,10,16H,9H2/i10D. The predicted molar refractivity (Wildman–Crippen MR) is 67.9 cm³/mol. The van der Waals surface area contributed by atoms with Gasteiger partial charge in [0.15, 0.2) is 0 Å². The zero-order valence-corrected chi connectivity index (χ0v) is 9.31. The van der Waals surface area contributed by atoms with Crippen molar-refractivity contribution in [3.05, 3.63) is 71.3 Å². The summed E-state index contributed by atoms with van der Waals surface area (Å²) in [5.74, 6) is 0.902. The molecule has 0 spiro atoms. The van der Waals surface area contributed by atoms with E-state index >= 15 is 0 Å². The molecular formula is C16H12O. The van der Waals surface area contributed by atoms with E-state index < -0.39 is 0 Å². The number of hydrogen-bond acceptors (Lipinski definition) is 1. The Bertz CT molecular complexity index is 672. The number of ether oxygens (including phenoxy) is 1. The summed E-state index contributed by atoms with van der Waals surface area (Å²) < 4.78 is 14.3. The minimum atomic E-state index is -0.0835. The minimum Gasteiger partial charge on any atom is -0.480 e. The number of para-hydroxylation sites is 1. The maximum absolute atomic E-state index is 8.26. The topological polar surface area (TPSA) is 9.23 Å². The highest BCUT2D eigenvalue weighted by molar-refractivity contribution is 5.80. The van der Waals surface area contributed by atoms with Gasteiger partial charge in [0.25, 0.3) is 0 Å². The lowest BCUT2D eigenvalue weighted by atomic mass is 9.87. The van der Waals surface area contributed by atoms with Crippen molar-refractivity contribution in [2.75, 3.05) is 0 Å². The molecule has 0 saturated heterocycles. The summed E-state index contributed by atoms with van der Waals surface area (Å²) in [7, 11) is 0. The number of rotatable bonds is 0. The first kappa shape index (κ1) is 8.13. The van der Waals surface area contributed by atoms with Crippen LogP contribution in [0.2, 0.25) is 0 Å². The van der Waals surface area contributed by atoms with Gasteiger partial charge in [-0.15, -0.1) is 0 Å². The fourth-order valence-corrected chi connectivity index (χ4v) is 2.67. The van der Waals surface area contributed by atoms with Crippen LogP contribution in [-0.4, -0.2) is 0 Å². The van der Waals surface area contributed by atoms with E-state index in [0.717, 1.165) is 16.9 Å². The quantitative estimate of drug-likeness (QED) is 0.658. The number of benzene rings is 2. The summed E-state index contributed by atoms with van der Waals surface area (Å²) in [6, 6.07) is 17.0. The molecule has 1 aliphatic heterocycles. The molecule has 1 heterocycles. The van der Waals surface area contributed by atoms with E-state index in [0.29, 0.717) is 12.5 Å². The average molecular weight is 221 g/mol. The van der Waals surface area contributed by atoms with E-state index in [-0.39, 0.29) is 6.10 Å². The smallest absolute Gasteiger partial charge is 0.150 e. The highest BCUT2D eigenvalue weighted by Gasteiger charge is 2.32. The van der Waals surface area contributed by atoms with E-state index in [1.807, 2.05) is 36.4 Å². The van der Waals surface area contributed by atoms with Gasteiger partial charge in [-0.1, -0.05) is 48.5 Å². The summed E-state index contributed by atoms with van der Waals surface area (Å²) in [6.45, 7) is 0. The molecule has 1 heteroatoms. The molecule has 0 N–H and O–H groups in total. The molecule has 0 fully saturated rings. The van der Waals surface area contributed by atoms with Gasteiger partial charge < -0.3 is 4.74 Å². The van der Waals surface area contributed by atoms with Gasteiger partial charge in [0.2, 0.25) is 0 Å². The maximum atomic E-state index is 8.26. The van der Waals surface area contributed by atoms with Crippen LogP contribution in [0, 0.1) is 0 Å². The maximum Gasteiger partial charge on any atom is 0.150 e. The van der Waals surface area contributed by atoms with Crippen molar-refractivity contribution in [2.45, 2.75) is 12.5 Å². The van der Waals surface area contributed by atoms with Gasteiger partial charge in [-0.2, -0.15) is 0 Å². The van der Waals surface area contributed by atoms with Gasteiger partial charge in [0.05, 0.1) is 1.37 Å². The summed E-state index contributed by atoms with van der Waals surface area (Å²) in [5, 5.41) is 0. The third-order valence-corrected chi connectivity index (χ3v) is 3.49. The van der Waals surface area contributed by atoms with Crippen LogP contribution in [0.4, 0.5) is 0 Å². The number of allylic oxidation sites excluding steroid dienone is 1. The lowest BCUT2D eigenvalue weighted by molar-refractivity contribution is 0.280. The molecule has 1 aliphatic carbocycles. The lowest BCUT2D eigenvalue weighted by Crippen LogP contribution is -2.10. The van der Waals surface area contributed by atoms with Crippen molar-refractivity contribution >= 4 is 5.57 Å². The first-order valence-corrected chi connectivity index (χ1v) is 5.88. The lowest BCUT2D eigenvalue weighted by Gasteiger charge is -2.20. The molecule has 0 amide bonds. The van der Waals surface area contributed by atoms with Crippen LogP contribution in [-0.2, 0) is 6.42 Å². The second-order valence-corrected chi connectivity index (χ2v) is 4.46. The normalized spacial score (nSPS) is 21.2. The van der Waals surface area contributed by atoms with Crippen LogP contribution in [0.3, 0.4) is 0 Å². The molecule has 1 nitrogen and oxygen atoms in total.